The van der Waals surface area contributed by atoms with E-state index in [1.165, 1.54) is 6.92 Å². The minimum atomic E-state index is -1.31. The number of hydrogen-bond acceptors (Lipinski definition) is 2. The second kappa shape index (κ2) is 4.34. The SMILES string of the molecule is CCCCCC(C)(O)C(N)=O. The van der Waals surface area contributed by atoms with Gasteiger partial charge in [0.25, 0.3) is 0 Å². The summed E-state index contributed by atoms with van der Waals surface area (Å²) < 4.78 is 0. The van der Waals surface area contributed by atoms with E-state index in [-0.39, 0.29) is 0 Å². The van der Waals surface area contributed by atoms with Crippen LogP contribution < -0.4 is 5.73 Å². The minimum Gasteiger partial charge on any atom is -0.380 e. The Balaban J connectivity index is 3.64. The van der Waals surface area contributed by atoms with Gasteiger partial charge in [-0.1, -0.05) is 26.2 Å². The van der Waals surface area contributed by atoms with E-state index in [0.29, 0.717) is 6.42 Å². The van der Waals surface area contributed by atoms with Crippen molar-refractivity contribution in [2.75, 3.05) is 0 Å². The third-order valence-electron chi connectivity index (χ3n) is 1.80. The average Bonchev–Trinajstić information content (AvgIpc) is 1.88. The van der Waals surface area contributed by atoms with Crippen molar-refractivity contribution < 1.29 is 9.90 Å². The second-order valence-electron chi connectivity index (χ2n) is 3.10. The lowest BCUT2D eigenvalue weighted by Gasteiger charge is -2.18. The Bertz CT molecular complexity index is 132. The molecule has 0 heterocycles. The van der Waals surface area contributed by atoms with Crippen LogP contribution in [0.3, 0.4) is 0 Å². The van der Waals surface area contributed by atoms with Crippen molar-refractivity contribution in [1.29, 1.82) is 0 Å². The van der Waals surface area contributed by atoms with Crippen LogP contribution in [0.15, 0.2) is 0 Å². The van der Waals surface area contributed by atoms with Gasteiger partial charge in [0, 0.05) is 0 Å². The molecule has 3 nitrogen and oxygen atoms in total. The van der Waals surface area contributed by atoms with Crippen molar-refractivity contribution in [3.63, 3.8) is 0 Å². The quantitative estimate of drug-likeness (QED) is 0.583. The monoisotopic (exact) mass is 159 g/mol. The third-order valence-corrected chi connectivity index (χ3v) is 1.80. The van der Waals surface area contributed by atoms with Crippen LogP contribution in [0.5, 0.6) is 0 Å². The zero-order chi connectivity index (χ0) is 8.91. The Labute approximate surface area is 67.6 Å². The van der Waals surface area contributed by atoms with Crippen molar-refractivity contribution in [3.8, 4) is 0 Å². The first-order valence-electron chi connectivity index (χ1n) is 4.03. The summed E-state index contributed by atoms with van der Waals surface area (Å²) in [6.45, 7) is 3.53. The average molecular weight is 159 g/mol. The molecule has 1 amide bonds. The van der Waals surface area contributed by atoms with E-state index in [1.54, 1.807) is 0 Å². The first-order valence-corrected chi connectivity index (χ1v) is 4.03. The summed E-state index contributed by atoms with van der Waals surface area (Å²) in [5, 5.41) is 9.34. The van der Waals surface area contributed by atoms with Crippen molar-refractivity contribution in [3.05, 3.63) is 0 Å². The van der Waals surface area contributed by atoms with E-state index in [2.05, 4.69) is 6.92 Å². The molecule has 3 N–H and O–H groups in total. The number of unbranched alkanes of at least 4 members (excludes halogenated alkanes) is 2. The fraction of sp³-hybridized carbons (Fsp3) is 0.875. The first-order chi connectivity index (χ1) is 5.00. The highest BCUT2D eigenvalue weighted by atomic mass is 16.3. The predicted octanol–water partition coefficient (Wildman–Crippen LogP) is 0.803. The Kier molecular flexibility index (Phi) is 4.11. The first kappa shape index (κ1) is 10.4. The topological polar surface area (TPSA) is 63.3 Å². The van der Waals surface area contributed by atoms with Crippen LogP contribution in [-0.4, -0.2) is 16.6 Å². The van der Waals surface area contributed by atoms with E-state index in [0.717, 1.165) is 19.3 Å². The van der Waals surface area contributed by atoms with Crippen molar-refractivity contribution in [1.82, 2.24) is 0 Å². The maximum absolute atomic E-state index is 10.6. The van der Waals surface area contributed by atoms with Gasteiger partial charge in [0.2, 0.25) is 5.91 Å². The van der Waals surface area contributed by atoms with Crippen molar-refractivity contribution in [2.24, 2.45) is 5.73 Å². The van der Waals surface area contributed by atoms with Gasteiger partial charge in [0.05, 0.1) is 0 Å². The van der Waals surface area contributed by atoms with E-state index in [1.807, 2.05) is 0 Å². The van der Waals surface area contributed by atoms with E-state index in [9.17, 15) is 9.90 Å². The number of carbonyl (C=O) groups excluding carboxylic acids is 1. The summed E-state index contributed by atoms with van der Waals surface area (Å²) in [5.41, 5.74) is 3.65. The molecule has 0 aromatic heterocycles. The zero-order valence-corrected chi connectivity index (χ0v) is 7.26. The zero-order valence-electron chi connectivity index (χ0n) is 7.26. The number of nitrogens with two attached hydrogens (primary N) is 1. The standard InChI is InChI=1S/C8H17NO2/c1-3-4-5-6-8(2,11)7(9)10/h11H,3-6H2,1-2H3,(H2,9,10). The molecule has 0 aromatic carbocycles. The van der Waals surface area contributed by atoms with Gasteiger partial charge in [-0.25, -0.2) is 0 Å². The van der Waals surface area contributed by atoms with Gasteiger partial charge in [0.1, 0.15) is 5.60 Å². The van der Waals surface area contributed by atoms with E-state index >= 15 is 0 Å². The van der Waals surface area contributed by atoms with Gasteiger partial charge in [-0.15, -0.1) is 0 Å². The molecule has 0 rings (SSSR count). The van der Waals surface area contributed by atoms with Crippen LogP contribution >= 0.6 is 0 Å². The number of carbonyl (C=O) groups is 1. The van der Waals surface area contributed by atoms with Gasteiger partial charge < -0.3 is 10.8 Å². The summed E-state index contributed by atoms with van der Waals surface area (Å²) in [6, 6.07) is 0. The number of rotatable bonds is 5. The van der Waals surface area contributed by atoms with Crippen molar-refractivity contribution in [2.45, 2.75) is 45.1 Å². The number of hydrogen-bond donors (Lipinski definition) is 2. The molecule has 3 heteroatoms. The van der Waals surface area contributed by atoms with Gasteiger partial charge in [-0.05, 0) is 13.3 Å². The largest absolute Gasteiger partial charge is 0.380 e. The molecule has 0 aliphatic carbocycles. The highest BCUT2D eigenvalue weighted by molar-refractivity contribution is 5.82. The molecule has 0 aliphatic heterocycles. The summed E-state index contributed by atoms with van der Waals surface area (Å²) in [6.07, 6.45) is 3.43. The third kappa shape index (κ3) is 3.98. The molecule has 0 aromatic rings. The number of primary amides is 1. The molecule has 0 spiro atoms. The highest BCUT2D eigenvalue weighted by Gasteiger charge is 2.26. The predicted molar refractivity (Wildman–Crippen MR) is 44.0 cm³/mol. The smallest absolute Gasteiger partial charge is 0.249 e. The van der Waals surface area contributed by atoms with Crippen LogP contribution in [0, 0.1) is 0 Å². The Morgan fingerprint density at radius 3 is 2.45 bits per heavy atom. The van der Waals surface area contributed by atoms with Gasteiger partial charge in [0.15, 0.2) is 0 Å². The lowest BCUT2D eigenvalue weighted by Crippen LogP contribution is -2.40. The van der Waals surface area contributed by atoms with Gasteiger partial charge in [-0.3, -0.25) is 4.79 Å². The molecule has 0 saturated heterocycles. The van der Waals surface area contributed by atoms with Crippen molar-refractivity contribution >= 4 is 5.91 Å². The molecule has 0 bridgehead atoms. The molecule has 0 radical (unpaired) electrons. The molecular formula is C8H17NO2. The van der Waals surface area contributed by atoms with Gasteiger partial charge in [-0.2, -0.15) is 0 Å². The minimum absolute atomic E-state index is 0.468. The fourth-order valence-corrected chi connectivity index (χ4v) is 0.842. The van der Waals surface area contributed by atoms with E-state index in [4.69, 9.17) is 5.73 Å². The van der Waals surface area contributed by atoms with Crippen LogP contribution in [0.4, 0.5) is 0 Å². The van der Waals surface area contributed by atoms with Crippen LogP contribution in [0.25, 0.3) is 0 Å². The molecule has 1 atom stereocenters. The lowest BCUT2D eigenvalue weighted by atomic mass is 9.98. The molecule has 0 aliphatic rings. The number of aliphatic hydroxyl groups is 1. The summed E-state index contributed by atoms with van der Waals surface area (Å²) in [5.74, 6) is -0.631. The second-order valence-corrected chi connectivity index (χ2v) is 3.10. The van der Waals surface area contributed by atoms with E-state index < -0.39 is 11.5 Å². The molecule has 1 unspecified atom stereocenters. The normalized spacial score (nSPS) is 15.9. The van der Waals surface area contributed by atoms with Crippen LogP contribution in [0.2, 0.25) is 0 Å². The molecule has 11 heavy (non-hydrogen) atoms. The maximum Gasteiger partial charge on any atom is 0.249 e. The Morgan fingerprint density at radius 2 is 2.09 bits per heavy atom. The Morgan fingerprint density at radius 1 is 1.55 bits per heavy atom. The molecular weight excluding hydrogens is 142 g/mol. The van der Waals surface area contributed by atoms with Crippen LogP contribution in [-0.2, 0) is 4.79 Å². The fourth-order valence-electron chi connectivity index (χ4n) is 0.842. The maximum atomic E-state index is 10.6. The lowest BCUT2D eigenvalue weighted by molar-refractivity contribution is -0.135. The summed E-state index contributed by atoms with van der Waals surface area (Å²) in [4.78, 5) is 10.6. The number of amides is 1. The van der Waals surface area contributed by atoms with Crippen LogP contribution in [0.1, 0.15) is 39.5 Å². The van der Waals surface area contributed by atoms with Gasteiger partial charge >= 0.3 is 0 Å². The highest BCUT2D eigenvalue weighted by Crippen LogP contribution is 2.13. The summed E-state index contributed by atoms with van der Waals surface area (Å²) >= 11 is 0. The summed E-state index contributed by atoms with van der Waals surface area (Å²) in [7, 11) is 0. The Hall–Kier alpha value is -0.570. The molecule has 0 saturated carbocycles. The molecule has 0 fully saturated rings. The molecule has 66 valence electrons.